The molecule has 0 atom stereocenters. The van der Waals surface area contributed by atoms with Crippen LogP contribution < -0.4 is 4.74 Å². The third-order valence-corrected chi connectivity index (χ3v) is 3.81. The Balaban J connectivity index is 2.56. The van der Waals surface area contributed by atoms with E-state index in [1.54, 1.807) is 7.11 Å². The van der Waals surface area contributed by atoms with Gasteiger partial charge in [-0.25, -0.2) is 0 Å². The van der Waals surface area contributed by atoms with Crippen LogP contribution in [0.15, 0.2) is 36.4 Å². The summed E-state index contributed by atoms with van der Waals surface area (Å²) in [5.41, 5.74) is 4.76. The predicted molar refractivity (Wildman–Crippen MR) is 86.4 cm³/mol. The third kappa shape index (κ3) is 3.15. The van der Waals surface area contributed by atoms with Crippen LogP contribution in [0.2, 0.25) is 0 Å². The number of ether oxygens (including phenoxy) is 1. The molecule has 0 bridgehead atoms. The SMILES string of the molecule is CCc1ccc(CC)c(C(=O)c2cc(C)ccc2OC)c1. The van der Waals surface area contributed by atoms with Crippen molar-refractivity contribution in [2.24, 2.45) is 0 Å². The molecule has 2 aromatic rings. The zero-order valence-corrected chi connectivity index (χ0v) is 13.2. The Morgan fingerprint density at radius 3 is 2.38 bits per heavy atom. The first-order valence-corrected chi connectivity index (χ1v) is 7.41. The first-order chi connectivity index (χ1) is 10.1. The summed E-state index contributed by atoms with van der Waals surface area (Å²) < 4.78 is 5.35. The molecule has 0 radical (unpaired) electrons. The molecule has 21 heavy (non-hydrogen) atoms. The molecule has 0 N–H and O–H groups in total. The molecule has 0 unspecified atom stereocenters. The molecule has 2 rings (SSSR count). The van der Waals surface area contributed by atoms with E-state index in [2.05, 4.69) is 26.0 Å². The molecule has 0 saturated carbocycles. The second-order valence-corrected chi connectivity index (χ2v) is 5.23. The molecule has 110 valence electrons. The van der Waals surface area contributed by atoms with E-state index in [1.165, 1.54) is 5.56 Å². The van der Waals surface area contributed by atoms with Gasteiger partial charge in [-0.1, -0.05) is 37.6 Å². The largest absolute Gasteiger partial charge is 0.496 e. The molecule has 2 aromatic carbocycles. The standard InChI is InChI=1S/C19H22O2/c1-5-14-8-9-15(6-2)16(12-14)19(20)17-11-13(3)7-10-18(17)21-4/h7-12H,5-6H2,1-4H3. The van der Waals surface area contributed by atoms with E-state index in [0.29, 0.717) is 11.3 Å². The monoisotopic (exact) mass is 282 g/mol. The van der Waals surface area contributed by atoms with Gasteiger partial charge < -0.3 is 4.74 Å². The van der Waals surface area contributed by atoms with Gasteiger partial charge in [0.1, 0.15) is 5.75 Å². The summed E-state index contributed by atoms with van der Waals surface area (Å²) in [5, 5.41) is 0. The lowest BCUT2D eigenvalue weighted by atomic mass is 9.93. The summed E-state index contributed by atoms with van der Waals surface area (Å²) in [6.45, 7) is 6.16. The highest BCUT2D eigenvalue weighted by atomic mass is 16.5. The van der Waals surface area contributed by atoms with Crippen LogP contribution in [-0.2, 0) is 12.8 Å². The number of methoxy groups -OCH3 is 1. The van der Waals surface area contributed by atoms with E-state index < -0.39 is 0 Å². The number of aryl methyl sites for hydroxylation is 3. The van der Waals surface area contributed by atoms with Crippen molar-refractivity contribution in [3.63, 3.8) is 0 Å². The van der Waals surface area contributed by atoms with Gasteiger partial charge in [0.05, 0.1) is 12.7 Å². The second-order valence-electron chi connectivity index (χ2n) is 5.23. The van der Waals surface area contributed by atoms with E-state index in [0.717, 1.165) is 29.5 Å². The Labute approximate surface area is 126 Å². The fraction of sp³-hybridized carbons (Fsp3) is 0.316. The van der Waals surface area contributed by atoms with Crippen molar-refractivity contribution < 1.29 is 9.53 Å². The number of carbonyl (C=O) groups excluding carboxylic acids is 1. The first kappa shape index (κ1) is 15.3. The fourth-order valence-corrected chi connectivity index (χ4v) is 2.51. The van der Waals surface area contributed by atoms with Gasteiger partial charge in [-0.3, -0.25) is 4.79 Å². The predicted octanol–water partition coefficient (Wildman–Crippen LogP) is 4.36. The van der Waals surface area contributed by atoms with Gasteiger partial charge in [0.2, 0.25) is 0 Å². The fourth-order valence-electron chi connectivity index (χ4n) is 2.51. The van der Waals surface area contributed by atoms with Crippen molar-refractivity contribution in [1.29, 1.82) is 0 Å². The van der Waals surface area contributed by atoms with Gasteiger partial charge in [-0.05, 0) is 49.1 Å². The lowest BCUT2D eigenvalue weighted by Gasteiger charge is -2.12. The number of ketones is 1. The molecule has 0 aliphatic carbocycles. The summed E-state index contributed by atoms with van der Waals surface area (Å²) in [6, 6.07) is 11.9. The molecule has 0 amide bonds. The molecule has 0 saturated heterocycles. The molecule has 0 aliphatic heterocycles. The molecule has 0 aromatic heterocycles. The van der Waals surface area contributed by atoms with Crippen molar-refractivity contribution in [2.45, 2.75) is 33.6 Å². The minimum atomic E-state index is 0.0442. The van der Waals surface area contributed by atoms with E-state index in [-0.39, 0.29) is 5.78 Å². The van der Waals surface area contributed by atoms with Gasteiger partial charge in [0.15, 0.2) is 5.78 Å². The molecule has 0 spiro atoms. The smallest absolute Gasteiger partial charge is 0.197 e. The van der Waals surface area contributed by atoms with E-state index >= 15 is 0 Å². The quantitative estimate of drug-likeness (QED) is 0.762. The minimum absolute atomic E-state index is 0.0442. The zero-order valence-electron chi connectivity index (χ0n) is 13.2. The van der Waals surface area contributed by atoms with Crippen molar-refractivity contribution in [3.8, 4) is 5.75 Å². The van der Waals surface area contributed by atoms with Crippen LogP contribution in [0.5, 0.6) is 5.75 Å². The van der Waals surface area contributed by atoms with Crippen LogP contribution >= 0.6 is 0 Å². The van der Waals surface area contributed by atoms with Gasteiger partial charge in [-0.2, -0.15) is 0 Å². The van der Waals surface area contributed by atoms with Crippen molar-refractivity contribution in [2.75, 3.05) is 7.11 Å². The highest BCUT2D eigenvalue weighted by molar-refractivity contribution is 6.11. The number of hydrogen-bond acceptors (Lipinski definition) is 2. The van der Waals surface area contributed by atoms with Gasteiger partial charge in [0.25, 0.3) is 0 Å². The maximum absolute atomic E-state index is 12.9. The van der Waals surface area contributed by atoms with Crippen LogP contribution in [0.4, 0.5) is 0 Å². The molecule has 0 aliphatic rings. The highest BCUT2D eigenvalue weighted by Crippen LogP contribution is 2.25. The van der Waals surface area contributed by atoms with Crippen molar-refractivity contribution >= 4 is 5.78 Å². The van der Waals surface area contributed by atoms with E-state index in [9.17, 15) is 4.79 Å². The van der Waals surface area contributed by atoms with Gasteiger partial charge >= 0.3 is 0 Å². The zero-order chi connectivity index (χ0) is 15.4. The summed E-state index contributed by atoms with van der Waals surface area (Å²) >= 11 is 0. The summed E-state index contributed by atoms with van der Waals surface area (Å²) in [5.74, 6) is 0.678. The Hall–Kier alpha value is -2.09. The Morgan fingerprint density at radius 2 is 1.76 bits per heavy atom. The van der Waals surface area contributed by atoms with Gasteiger partial charge in [-0.15, -0.1) is 0 Å². The Bertz CT molecular complexity index is 657. The normalized spacial score (nSPS) is 10.5. The number of benzene rings is 2. The van der Waals surface area contributed by atoms with Crippen LogP contribution in [0.1, 0.15) is 46.5 Å². The maximum Gasteiger partial charge on any atom is 0.197 e. The van der Waals surface area contributed by atoms with Crippen LogP contribution in [0.25, 0.3) is 0 Å². The Kier molecular flexibility index (Phi) is 4.79. The maximum atomic E-state index is 12.9. The highest BCUT2D eigenvalue weighted by Gasteiger charge is 2.17. The minimum Gasteiger partial charge on any atom is -0.496 e. The molecule has 2 nitrogen and oxygen atoms in total. The number of carbonyl (C=O) groups is 1. The van der Waals surface area contributed by atoms with Crippen molar-refractivity contribution in [3.05, 3.63) is 64.2 Å². The molecule has 0 heterocycles. The average Bonchev–Trinajstić information content (AvgIpc) is 2.53. The molecule has 2 heteroatoms. The van der Waals surface area contributed by atoms with Crippen LogP contribution in [0, 0.1) is 6.92 Å². The van der Waals surface area contributed by atoms with E-state index in [1.807, 2.05) is 31.2 Å². The second kappa shape index (κ2) is 6.57. The topological polar surface area (TPSA) is 26.3 Å². The molecule has 0 fully saturated rings. The molecular formula is C19H22O2. The molecular weight excluding hydrogens is 260 g/mol. The number of hydrogen-bond donors (Lipinski definition) is 0. The summed E-state index contributed by atoms with van der Waals surface area (Å²) in [7, 11) is 1.60. The van der Waals surface area contributed by atoms with Gasteiger partial charge in [0, 0.05) is 5.56 Å². The van der Waals surface area contributed by atoms with Crippen molar-refractivity contribution in [1.82, 2.24) is 0 Å². The van der Waals surface area contributed by atoms with Crippen LogP contribution in [0.3, 0.4) is 0 Å². The lowest BCUT2D eigenvalue weighted by Crippen LogP contribution is -2.08. The van der Waals surface area contributed by atoms with E-state index in [4.69, 9.17) is 4.74 Å². The van der Waals surface area contributed by atoms with Crippen LogP contribution in [-0.4, -0.2) is 12.9 Å². The Morgan fingerprint density at radius 1 is 1.00 bits per heavy atom. The summed E-state index contributed by atoms with van der Waals surface area (Å²) in [4.78, 5) is 12.9. The third-order valence-electron chi connectivity index (χ3n) is 3.81. The number of rotatable bonds is 5. The summed E-state index contributed by atoms with van der Waals surface area (Å²) in [6.07, 6.45) is 1.77. The average molecular weight is 282 g/mol. The first-order valence-electron chi connectivity index (χ1n) is 7.41. The lowest BCUT2D eigenvalue weighted by molar-refractivity contribution is 0.103.